The van der Waals surface area contributed by atoms with Gasteiger partial charge in [-0.25, -0.2) is 19.5 Å². The molecule has 6 nitrogen and oxygen atoms in total. The first-order valence-corrected chi connectivity index (χ1v) is 8.40. The molecule has 0 unspecified atom stereocenters. The molecule has 2 heterocycles. The minimum Gasteiger partial charge on any atom is -0.494 e. The zero-order valence-corrected chi connectivity index (χ0v) is 14.6. The predicted octanol–water partition coefficient (Wildman–Crippen LogP) is 3.55. The lowest BCUT2D eigenvalue weighted by Gasteiger charge is -2.15. The summed E-state index contributed by atoms with van der Waals surface area (Å²) in [5.41, 5.74) is 1.64. The lowest BCUT2D eigenvalue weighted by Crippen LogP contribution is -2.20. The van der Waals surface area contributed by atoms with Gasteiger partial charge in [-0.2, -0.15) is 0 Å². The van der Waals surface area contributed by atoms with E-state index in [1.165, 1.54) is 10.8 Å². The average Bonchev–Trinajstić information content (AvgIpc) is 2.70. The topological polar surface area (TPSA) is 80.4 Å². The minimum absolute atomic E-state index is 0.173. The first-order valence-electron chi connectivity index (χ1n) is 8.40. The number of hydrogen-bond donors (Lipinski definition) is 1. The zero-order valence-electron chi connectivity index (χ0n) is 14.6. The van der Waals surface area contributed by atoms with Gasteiger partial charge in [0.05, 0.1) is 11.3 Å². The molecule has 0 saturated heterocycles. The van der Waals surface area contributed by atoms with Crippen LogP contribution in [0.3, 0.4) is 0 Å². The van der Waals surface area contributed by atoms with Crippen molar-refractivity contribution >= 4 is 22.9 Å². The first kappa shape index (κ1) is 16.7. The van der Waals surface area contributed by atoms with E-state index in [9.17, 15) is 9.90 Å². The van der Waals surface area contributed by atoms with E-state index in [-0.39, 0.29) is 17.4 Å². The van der Waals surface area contributed by atoms with Crippen LogP contribution < -0.4 is 5.56 Å². The van der Waals surface area contributed by atoms with Crippen molar-refractivity contribution < 1.29 is 5.11 Å². The number of aromatic nitrogens is 3. The highest BCUT2D eigenvalue weighted by atomic mass is 16.3. The number of aliphatic imine (C=N–C) groups is 1. The Kier molecular flexibility index (Phi) is 4.22. The summed E-state index contributed by atoms with van der Waals surface area (Å²) in [5.74, 6) is 0.0994. The SMILES string of the molecule is Cc1ccccc1-n1c(O)c(C=Nc2ncccn2)c2ccccc2c1=O. The Morgan fingerprint density at radius 1 is 0.963 bits per heavy atom. The van der Waals surface area contributed by atoms with Crippen molar-refractivity contribution in [3.05, 3.63) is 88.5 Å². The van der Waals surface area contributed by atoms with Gasteiger partial charge in [-0.15, -0.1) is 0 Å². The van der Waals surface area contributed by atoms with Gasteiger partial charge in [-0.1, -0.05) is 36.4 Å². The van der Waals surface area contributed by atoms with Crippen LogP contribution >= 0.6 is 0 Å². The second-order valence-corrected chi connectivity index (χ2v) is 6.02. The summed E-state index contributed by atoms with van der Waals surface area (Å²) in [6.45, 7) is 1.89. The normalized spacial score (nSPS) is 11.3. The Labute approximate surface area is 155 Å². The molecule has 2 aromatic heterocycles. The van der Waals surface area contributed by atoms with Gasteiger partial charge < -0.3 is 5.11 Å². The van der Waals surface area contributed by atoms with Crippen LogP contribution in [0.2, 0.25) is 0 Å². The van der Waals surface area contributed by atoms with E-state index in [1.807, 2.05) is 31.2 Å². The summed E-state index contributed by atoms with van der Waals surface area (Å²) < 4.78 is 1.31. The molecule has 0 spiro atoms. The van der Waals surface area contributed by atoms with Crippen LogP contribution in [0.25, 0.3) is 16.5 Å². The summed E-state index contributed by atoms with van der Waals surface area (Å²) in [6.07, 6.45) is 4.67. The Bertz CT molecular complexity index is 1210. The maximum atomic E-state index is 13.1. The van der Waals surface area contributed by atoms with E-state index < -0.39 is 0 Å². The molecule has 1 N–H and O–H groups in total. The van der Waals surface area contributed by atoms with Crippen LogP contribution in [0.4, 0.5) is 5.95 Å². The van der Waals surface area contributed by atoms with Crippen LogP contribution in [0.15, 0.2) is 76.8 Å². The molecule has 0 fully saturated rings. The largest absolute Gasteiger partial charge is 0.494 e. The molecular weight excluding hydrogens is 340 g/mol. The number of fused-ring (bicyclic) bond motifs is 1. The Morgan fingerprint density at radius 3 is 2.37 bits per heavy atom. The highest BCUT2D eigenvalue weighted by molar-refractivity contribution is 6.02. The summed E-state index contributed by atoms with van der Waals surface area (Å²) in [4.78, 5) is 25.4. The van der Waals surface area contributed by atoms with E-state index in [0.29, 0.717) is 22.0 Å². The monoisotopic (exact) mass is 356 g/mol. The number of para-hydroxylation sites is 1. The van der Waals surface area contributed by atoms with Gasteiger partial charge in [0.15, 0.2) is 0 Å². The third-order valence-corrected chi connectivity index (χ3v) is 4.32. The molecule has 0 radical (unpaired) electrons. The molecule has 0 atom stereocenters. The van der Waals surface area contributed by atoms with Gasteiger partial charge in [-0.05, 0) is 30.7 Å². The third-order valence-electron chi connectivity index (χ3n) is 4.32. The lowest BCUT2D eigenvalue weighted by atomic mass is 10.1. The average molecular weight is 356 g/mol. The van der Waals surface area contributed by atoms with Crippen molar-refractivity contribution in [2.75, 3.05) is 0 Å². The second-order valence-electron chi connectivity index (χ2n) is 6.02. The fourth-order valence-corrected chi connectivity index (χ4v) is 3.01. The standard InChI is InChI=1S/C21H16N4O2/c1-14-7-2-5-10-18(14)25-19(26)16-9-4-3-8-15(16)17(20(25)27)13-24-21-22-11-6-12-23-21/h2-13,27H,1H3. The van der Waals surface area contributed by atoms with Gasteiger partial charge >= 0.3 is 0 Å². The molecule has 0 aliphatic carbocycles. The molecule has 0 bridgehead atoms. The molecule has 6 heteroatoms. The van der Waals surface area contributed by atoms with E-state index in [1.54, 1.807) is 42.7 Å². The van der Waals surface area contributed by atoms with Crippen molar-refractivity contribution in [2.24, 2.45) is 4.99 Å². The molecule has 132 valence electrons. The number of hydrogen-bond acceptors (Lipinski definition) is 5. The molecule has 27 heavy (non-hydrogen) atoms. The molecule has 0 saturated carbocycles. The number of aryl methyl sites for hydroxylation is 1. The fraction of sp³-hybridized carbons (Fsp3) is 0.0476. The number of pyridine rings is 1. The number of aromatic hydroxyl groups is 1. The number of benzene rings is 2. The smallest absolute Gasteiger partial charge is 0.265 e. The van der Waals surface area contributed by atoms with E-state index in [0.717, 1.165) is 5.56 Å². The van der Waals surface area contributed by atoms with Crippen LogP contribution in [-0.2, 0) is 0 Å². The maximum absolute atomic E-state index is 13.1. The Hall–Kier alpha value is -3.80. The molecule has 4 rings (SSSR count). The van der Waals surface area contributed by atoms with Gasteiger partial charge in [0.2, 0.25) is 11.8 Å². The highest BCUT2D eigenvalue weighted by Gasteiger charge is 2.17. The van der Waals surface area contributed by atoms with E-state index >= 15 is 0 Å². The van der Waals surface area contributed by atoms with Crippen molar-refractivity contribution in [2.45, 2.75) is 6.92 Å². The van der Waals surface area contributed by atoms with Crippen molar-refractivity contribution in [3.63, 3.8) is 0 Å². The molecule has 0 aliphatic heterocycles. The van der Waals surface area contributed by atoms with Crippen LogP contribution in [0, 0.1) is 6.92 Å². The summed E-state index contributed by atoms with van der Waals surface area (Å²) in [6, 6.07) is 16.2. The number of rotatable bonds is 3. The van der Waals surface area contributed by atoms with Crippen molar-refractivity contribution in [1.29, 1.82) is 0 Å². The minimum atomic E-state index is -0.287. The summed E-state index contributed by atoms with van der Waals surface area (Å²) in [5, 5.41) is 12.1. The summed E-state index contributed by atoms with van der Waals surface area (Å²) >= 11 is 0. The first-order chi connectivity index (χ1) is 13.2. The Balaban J connectivity index is 2.02. The molecule has 0 amide bonds. The van der Waals surface area contributed by atoms with Gasteiger partial charge in [0.25, 0.3) is 5.56 Å². The molecule has 4 aromatic rings. The third kappa shape index (κ3) is 2.97. The van der Waals surface area contributed by atoms with E-state index in [2.05, 4.69) is 15.0 Å². The Morgan fingerprint density at radius 2 is 1.63 bits per heavy atom. The zero-order chi connectivity index (χ0) is 18.8. The van der Waals surface area contributed by atoms with Crippen LogP contribution in [0.5, 0.6) is 5.88 Å². The van der Waals surface area contributed by atoms with Crippen molar-refractivity contribution in [1.82, 2.24) is 14.5 Å². The maximum Gasteiger partial charge on any atom is 0.265 e. The van der Waals surface area contributed by atoms with E-state index in [4.69, 9.17) is 0 Å². The fourth-order valence-electron chi connectivity index (χ4n) is 3.01. The number of nitrogens with zero attached hydrogens (tertiary/aromatic N) is 4. The molecule has 2 aromatic carbocycles. The van der Waals surface area contributed by atoms with Gasteiger partial charge in [0, 0.05) is 29.4 Å². The van der Waals surface area contributed by atoms with Crippen LogP contribution in [0.1, 0.15) is 11.1 Å². The van der Waals surface area contributed by atoms with Gasteiger partial charge in [-0.3, -0.25) is 4.79 Å². The quantitative estimate of drug-likeness (QED) is 0.569. The van der Waals surface area contributed by atoms with Crippen molar-refractivity contribution in [3.8, 4) is 11.6 Å². The lowest BCUT2D eigenvalue weighted by molar-refractivity contribution is 0.436. The molecular formula is C21H16N4O2. The predicted molar refractivity (Wildman–Crippen MR) is 105 cm³/mol. The summed E-state index contributed by atoms with van der Waals surface area (Å²) in [7, 11) is 0. The molecule has 0 aliphatic rings. The van der Waals surface area contributed by atoms with Crippen LogP contribution in [-0.4, -0.2) is 25.9 Å². The van der Waals surface area contributed by atoms with Gasteiger partial charge in [0.1, 0.15) is 0 Å². The highest BCUT2D eigenvalue weighted by Crippen LogP contribution is 2.27. The second kappa shape index (κ2) is 6.84.